The van der Waals surface area contributed by atoms with Crippen LogP contribution in [0.15, 0.2) is 52.9 Å². The van der Waals surface area contributed by atoms with Gasteiger partial charge in [-0.2, -0.15) is 0 Å². The van der Waals surface area contributed by atoms with Crippen LogP contribution in [-0.4, -0.2) is 13.4 Å². The highest BCUT2D eigenvalue weighted by molar-refractivity contribution is 7.88. The highest BCUT2D eigenvalue weighted by Crippen LogP contribution is 2.15. The summed E-state index contributed by atoms with van der Waals surface area (Å²) < 4.78 is 32.1. The van der Waals surface area contributed by atoms with E-state index in [1.165, 1.54) is 0 Å². The Morgan fingerprint density at radius 1 is 1.09 bits per heavy atom. The zero-order valence-electron chi connectivity index (χ0n) is 11.5. The predicted molar refractivity (Wildman–Crippen MR) is 84.9 cm³/mol. The first-order chi connectivity index (χ1) is 10.5. The first kappa shape index (κ1) is 15.0. The van der Waals surface area contributed by atoms with Gasteiger partial charge in [0, 0.05) is 5.02 Å². The van der Waals surface area contributed by atoms with Crippen LogP contribution < -0.4 is 4.72 Å². The number of sulfonamides is 1. The van der Waals surface area contributed by atoms with Crippen molar-refractivity contribution in [2.75, 3.05) is 0 Å². The van der Waals surface area contributed by atoms with Crippen LogP contribution in [0.25, 0.3) is 11.1 Å². The van der Waals surface area contributed by atoms with Crippen molar-refractivity contribution in [3.8, 4) is 0 Å². The minimum Gasteiger partial charge on any atom is -0.439 e. The van der Waals surface area contributed by atoms with E-state index in [4.69, 9.17) is 16.0 Å². The van der Waals surface area contributed by atoms with Crippen molar-refractivity contribution in [1.82, 2.24) is 9.71 Å². The Hall–Kier alpha value is -1.89. The Labute approximate surface area is 133 Å². The second-order valence-electron chi connectivity index (χ2n) is 4.78. The lowest BCUT2D eigenvalue weighted by molar-refractivity contribution is 0.513. The molecule has 0 fully saturated rings. The van der Waals surface area contributed by atoms with Crippen LogP contribution in [0.1, 0.15) is 11.5 Å². The normalized spacial score (nSPS) is 11.9. The Bertz CT molecular complexity index is 856. The van der Waals surface area contributed by atoms with Crippen molar-refractivity contribution in [3.05, 3.63) is 65.0 Å². The number of aromatic nitrogens is 1. The van der Waals surface area contributed by atoms with Crippen molar-refractivity contribution in [3.63, 3.8) is 0 Å². The molecule has 5 nitrogen and oxygen atoms in total. The number of rotatable bonds is 5. The lowest BCUT2D eigenvalue weighted by Crippen LogP contribution is -2.24. The van der Waals surface area contributed by atoms with Gasteiger partial charge in [-0.3, -0.25) is 0 Å². The number of para-hydroxylation sites is 2. The lowest BCUT2D eigenvalue weighted by atomic mass is 10.2. The Balaban J connectivity index is 1.67. The smallest absolute Gasteiger partial charge is 0.216 e. The number of hydrogen-bond acceptors (Lipinski definition) is 4. The maximum atomic E-state index is 12.1. The van der Waals surface area contributed by atoms with Gasteiger partial charge < -0.3 is 4.42 Å². The number of nitrogens with one attached hydrogen (secondary N) is 1. The molecule has 0 bridgehead atoms. The summed E-state index contributed by atoms with van der Waals surface area (Å²) in [6.45, 7) is 0.0185. The molecule has 0 saturated carbocycles. The van der Waals surface area contributed by atoms with Crippen molar-refractivity contribution < 1.29 is 12.8 Å². The van der Waals surface area contributed by atoms with Gasteiger partial charge >= 0.3 is 0 Å². The van der Waals surface area contributed by atoms with Crippen molar-refractivity contribution >= 4 is 32.7 Å². The summed E-state index contributed by atoms with van der Waals surface area (Å²) >= 11 is 5.78. The van der Waals surface area contributed by atoms with E-state index in [1.54, 1.807) is 30.3 Å². The van der Waals surface area contributed by atoms with Gasteiger partial charge in [0.25, 0.3) is 0 Å². The number of fused-ring (bicyclic) bond motifs is 1. The van der Waals surface area contributed by atoms with Crippen LogP contribution in [0.4, 0.5) is 0 Å². The molecule has 2 aromatic carbocycles. The van der Waals surface area contributed by atoms with Crippen molar-refractivity contribution in [2.24, 2.45) is 0 Å². The molecule has 114 valence electrons. The van der Waals surface area contributed by atoms with E-state index >= 15 is 0 Å². The van der Waals surface area contributed by atoms with Crippen LogP contribution in [-0.2, 0) is 22.3 Å². The van der Waals surface area contributed by atoms with Crippen molar-refractivity contribution in [1.29, 1.82) is 0 Å². The molecule has 0 amide bonds. The number of nitrogens with zero attached hydrogens (tertiary/aromatic N) is 1. The molecule has 0 unspecified atom stereocenters. The first-order valence-corrected chi connectivity index (χ1v) is 8.61. The molecule has 0 spiro atoms. The second-order valence-corrected chi connectivity index (χ2v) is 7.03. The highest BCUT2D eigenvalue weighted by atomic mass is 35.5. The van der Waals surface area contributed by atoms with Gasteiger partial charge in [0.05, 0.1) is 12.3 Å². The third-order valence-corrected chi connectivity index (χ3v) is 4.60. The molecular weight excluding hydrogens is 324 g/mol. The third kappa shape index (κ3) is 3.65. The largest absolute Gasteiger partial charge is 0.439 e. The minimum absolute atomic E-state index is 0.0185. The number of hydrogen-bond donors (Lipinski definition) is 1. The standard InChI is InChI=1S/C15H13ClN2O3S/c16-12-7-5-11(6-8-12)10-22(19,20)17-9-15-18-13-3-1-2-4-14(13)21-15/h1-8,17H,9-10H2. The van der Waals surface area contributed by atoms with Gasteiger partial charge in [-0.05, 0) is 29.8 Å². The number of halogens is 1. The van der Waals surface area contributed by atoms with Gasteiger partial charge in [-0.15, -0.1) is 0 Å². The summed E-state index contributed by atoms with van der Waals surface area (Å²) in [5.41, 5.74) is 2.00. The highest BCUT2D eigenvalue weighted by Gasteiger charge is 2.13. The average Bonchev–Trinajstić information content (AvgIpc) is 2.90. The molecule has 0 saturated heterocycles. The van der Waals surface area contributed by atoms with E-state index in [0.29, 0.717) is 27.6 Å². The first-order valence-electron chi connectivity index (χ1n) is 6.58. The summed E-state index contributed by atoms with van der Waals surface area (Å²) in [6.07, 6.45) is 0. The van der Waals surface area contributed by atoms with E-state index in [9.17, 15) is 8.42 Å². The van der Waals surface area contributed by atoms with E-state index < -0.39 is 10.0 Å². The van der Waals surface area contributed by atoms with Gasteiger partial charge in [0.2, 0.25) is 15.9 Å². The second kappa shape index (κ2) is 6.08. The number of oxazole rings is 1. The summed E-state index contributed by atoms with van der Waals surface area (Å²) in [7, 11) is -3.48. The van der Waals surface area contributed by atoms with Gasteiger partial charge in [-0.1, -0.05) is 35.9 Å². The predicted octanol–water partition coefficient (Wildman–Crippen LogP) is 3.10. The van der Waals surface area contributed by atoms with Crippen LogP contribution in [0.2, 0.25) is 5.02 Å². The van der Waals surface area contributed by atoms with Gasteiger partial charge in [-0.25, -0.2) is 18.1 Å². The molecule has 3 aromatic rings. The fraction of sp³-hybridized carbons (Fsp3) is 0.133. The molecule has 0 radical (unpaired) electrons. The van der Waals surface area contributed by atoms with Gasteiger partial charge in [0.1, 0.15) is 5.52 Å². The average molecular weight is 337 g/mol. The molecule has 0 atom stereocenters. The molecule has 22 heavy (non-hydrogen) atoms. The SMILES string of the molecule is O=S(=O)(Cc1ccc(Cl)cc1)NCc1nc2ccccc2o1. The quantitative estimate of drug-likeness (QED) is 0.777. The molecule has 0 aliphatic carbocycles. The maximum Gasteiger partial charge on any atom is 0.216 e. The zero-order valence-corrected chi connectivity index (χ0v) is 13.1. The molecular formula is C15H13ClN2O3S. The van der Waals surface area contributed by atoms with E-state index in [1.807, 2.05) is 18.2 Å². The van der Waals surface area contributed by atoms with Gasteiger partial charge in [0.15, 0.2) is 5.58 Å². The van der Waals surface area contributed by atoms with E-state index in [-0.39, 0.29) is 12.3 Å². The molecule has 0 aliphatic rings. The number of benzene rings is 2. The van der Waals surface area contributed by atoms with Crippen LogP contribution in [0.3, 0.4) is 0 Å². The Kier molecular flexibility index (Phi) is 4.15. The maximum absolute atomic E-state index is 12.1. The van der Waals surface area contributed by atoms with Crippen LogP contribution in [0.5, 0.6) is 0 Å². The summed E-state index contributed by atoms with van der Waals surface area (Å²) in [6, 6.07) is 14.0. The molecule has 0 aliphatic heterocycles. The van der Waals surface area contributed by atoms with E-state index in [0.717, 1.165) is 0 Å². The fourth-order valence-corrected chi connectivity index (χ4v) is 3.22. The Morgan fingerprint density at radius 3 is 2.55 bits per heavy atom. The van der Waals surface area contributed by atoms with Crippen molar-refractivity contribution in [2.45, 2.75) is 12.3 Å². The molecule has 3 rings (SSSR count). The summed E-state index contributed by atoms with van der Waals surface area (Å²) in [4.78, 5) is 4.22. The molecule has 1 aromatic heterocycles. The summed E-state index contributed by atoms with van der Waals surface area (Å²) in [5.74, 6) is 0.214. The van der Waals surface area contributed by atoms with Crippen LogP contribution >= 0.6 is 11.6 Å². The molecule has 7 heteroatoms. The zero-order chi connectivity index (χ0) is 15.6. The topological polar surface area (TPSA) is 72.2 Å². The molecule has 1 heterocycles. The molecule has 1 N–H and O–H groups in total. The van der Waals surface area contributed by atoms with E-state index in [2.05, 4.69) is 9.71 Å². The lowest BCUT2D eigenvalue weighted by Gasteiger charge is -2.05. The third-order valence-electron chi connectivity index (χ3n) is 3.05. The minimum atomic E-state index is -3.48. The fourth-order valence-electron chi connectivity index (χ4n) is 2.02. The Morgan fingerprint density at radius 2 is 1.82 bits per heavy atom. The summed E-state index contributed by atoms with van der Waals surface area (Å²) in [5, 5.41) is 0.570. The van der Waals surface area contributed by atoms with Crippen LogP contribution in [0, 0.1) is 0 Å². The monoisotopic (exact) mass is 336 g/mol.